The van der Waals surface area contributed by atoms with Crippen LogP contribution in [0.4, 0.5) is 8.78 Å². The van der Waals surface area contributed by atoms with Gasteiger partial charge in [-0.1, -0.05) is 24.3 Å². The van der Waals surface area contributed by atoms with E-state index in [9.17, 15) is 14.0 Å². The highest BCUT2D eigenvalue weighted by atomic mass is 19.1. The van der Waals surface area contributed by atoms with Gasteiger partial charge in [0.15, 0.2) is 0 Å². The predicted octanol–water partition coefficient (Wildman–Crippen LogP) is 5.44. The van der Waals surface area contributed by atoms with Gasteiger partial charge in [0.2, 0.25) is 0 Å². The molecule has 0 amide bonds. The van der Waals surface area contributed by atoms with Crippen LogP contribution in [0.15, 0.2) is 54.6 Å². The molecular formula is C21H16F2N2. The largest absolute Gasteiger partial charge is 0.318 e. The van der Waals surface area contributed by atoms with Gasteiger partial charge in [-0.2, -0.15) is 5.26 Å². The Bertz CT molecular complexity index is 1010. The van der Waals surface area contributed by atoms with Gasteiger partial charge in [-0.3, -0.25) is 0 Å². The number of nitrogens with zero attached hydrogens (tertiary/aromatic N) is 2. The van der Waals surface area contributed by atoms with Gasteiger partial charge in [-0.25, -0.2) is 8.78 Å². The number of benzene rings is 2. The zero-order valence-electron chi connectivity index (χ0n) is 13.9. The Morgan fingerprint density at radius 2 is 1.80 bits per heavy atom. The lowest BCUT2D eigenvalue weighted by molar-refractivity contribution is 0.624. The molecule has 2 aromatic carbocycles. The second kappa shape index (κ2) is 6.74. The summed E-state index contributed by atoms with van der Waals surface area (Å²) in [6.45, 7) is 3.80. The lowest BCUT2D eigenvalue weighted by atomic mass is 10.0. The quantitative estimate of drug-likeness (QED) is 0.587. The van der Waals surface area contributed by atoms with E-state index >= 15 is 0 Å². The molecule has 0 radical (unpaired) electrons. The second-order valence-corrected chi connectivity index (χ2v) is 5.79. The standard InChI is InChI=1S/C21H16F2N2/c1-14-10-16(11-17(13-24)20-8-3-4-9-21(20)23)15(2)25(14)19-7-5-6-18(22)12-19/h3-12H,1-2H3. The van der Waals surface area contributed by atoms with Gasteiger partial charge in [-0.05, 0) is 55.8 Å². The highest BCUT2D eigenvalue weighted by Gasteiger charge is 2.12. The van der Waals surface area contributed by atoms with Crippen molar-refractivity contribution in [3.63, 3.8) is 0 Å². The number of rotatable bonds is 3. The van der Waals surface area contributed by atoms with Gasteiger partial charge in [-0.15, -0.1) is 0 Å². The normalized spacial score (nSPS) is 11.4. The number of hydrogen-bond acceptors (Lipinski definition) is 1. The van der Waals surface area contributed by atoms with Crippen LogP contribution in [-0.4, -0.2) is 4.57 Å². The molecule has 0 saturated heterocycles. The van der Waals surface area contributed by atoms with Crippen LogP contribution >= 0.6 is 0 Å². The van der Waals surface area contributed by atoms with E-state index in [1.807, 2.05) is 30.5 Å². The minimum absolute atomic E-state index is 0.248. The van der Waals surface area contributed by atoms with E-state index in [2.05, 4.69) is 6.07 Å². The Balaban J connectivity index is 2.12. The third-order valence-corrected chi connectivity index (χ3v) is 4.12. The summed E-state index contributed by atoms with van der Waals surface area (Å²) in [4.78, 5) is 0. The molecule has 0 spiro atoms. The molecule has 25 heavy (non-hydrogen) atoms. The zero-order valence-corrected chi connectivity index (χ0v) is 13.9. The third-order valence-electron chi connectivity index (χ3n) is 4.12. The summed E-state index contributed by atoms with van der Waals surface area (Å²) in [6.07, 6.45) is 1.66. The Labute approximate surface area is 145 Å². The smallest absolute Gasteiger partial charge is 0.131 e. The molecule has 2 nitrogen and oxygen atoms in total. The molecule has 0 unspecified atom stereocenters. The van der Waals surface area contributed by atoms with Gasteiger partial charge in [0.25, 0.3) is 0 Å². The van der Waals surface area contributed by atoms with E-state index < -0.39 is 5.82 Å². The first-order valence-electron chi connectivity index (χ1n) is 7.83. The second-order valence-electron chi connectivity index (χ2n) is 5.79. The van der Waals surface area contributed by atoms with Crippen molar-refractivity contribution < 1.29 is 8.78 Å². The highest BCUT2D eigenvalue weighted by Crippen LogP contribution is 2.26. The Morgan fingerprint density at radius 1 is 1.04 bits per heavy atom. The maximum atomic E-state index is 14.0. The maximum Gasteiger partial charge on any atom is 0.131 e. The monoisotopic (exact) mass is 334 g/mol. The van der Waals surface area contributed by atoms with E-state index in [1.54, 1.807) is 30.3 Å². The number of hydrogen-bond donors (Lipinski definition) is 0. The first kappa shape index (κ1) is 16.7. The van der Waals surface area contributed by atoms with Crippen molar-refractivity contribution in [2.75, 3.05) is 0 Å². The van der Waals surface area contributed by atoms with Gasteiger partial charge in [0, 0.05) is 22.6 Å². The van der Waals surface area contributed by atoms with Crippen molar-refractivity contribution in [3.8, 4) is 11.8 Å². The van der Waals surface area contributed by atoms with Gasteiger partial charge in [0.05, 0.1) is 11.6 Å². The van der Waals surface area contributed by atoms with Crippen LogP contribution in [0.5, 0.6) is 0 Å². The van der Waals surface area contributed by atoms with Gasteiger partial charge in [0.1, 0.15) is 11.6 Å². The molecule has 124 valence electrons. The molecule has 0 aliphatic rings. The molecule has 1 heterocycles. The Kier molecular flexibility index (Phi) is 4.49. The summed E-state index contributed by atoms with van der Waals surface area (Å²) >= 11 is 0. The molecule has 0 N–H and O–H groups in total. The molecule has 0 fully saturated rings. The summed E-state index contributed by atoms with van der Waals surface area (Å²) in [7, 11) is 0. The van der Waals surface area contributed by atoms with Crippen LogP contribution in [0, 0.1) is 36.8 Å². The lowest BCUT2D eigenvalue weighted by Crippen LogP contribution is -1.99. The lowest BCUT2D eigenvalue weighted by Gasteiger charge is -2.09. The fraction of sp³-hybridized carbons (Fsp3) is 0.0952. The highest BCUT2D eigenvalue weighted by molar-refractivity contribution is 5.90. The number of nitriles is 1. The van der Waals surface area contributed by atoms with Crippen LogP contribution in [0.1, 0.15) is 22.5 Å². The van der Waals surface area contributed by atoms with Gasteiger partial charge >= 0.3 is 0 Å². The fourth-order valence-electron chi connectivity index (χ4n) is 2.95. The minimum atomic E-state index is -0.436. The van der Waals surface area contributed by atoms with Crippen LogP contribution in [0.25, 0.3) is 17.3 Å². The van der Waals surface area contributed by atoms with Crippen LogP contribution in [0.3, 0.4) is 0 Å². The molecule has 0 aliphatic carbocycles. The number of halogens is 2. The van der Waals surface area contributed by atoms with E-state index in [0.29, 0.717) is 5.69 Å². The number of aromatic nitrogens is 1. The summed E-state index contributed by atoms with van der Waals surface area (Å²) < 4.78 is 29.4. The van der Waals surface area contributed by atoms with Crippen molar-refractivity contribution in [1.29, 1.82) is 5.26 Å². The first-order valence-corrected chi connectivity index (χ1v) is 7.83. The molecule has 4 heteroatoms. The summed E-state index contributed by atoms with van der Waals surface area (Å²) in [5.41, 5.74) is 3.77. The molecule has 0 bridgehead atoms. The third kappa shape index (κ3) is 3.22. The summed E-state index contributed by atoms with van der Waals surface area (Å²) in [5.74, 6) is -0.750. The molecule has 3 aromatic rings. The van der Waals surface area contributed by atoms with Crippen molar-refractivity contribution >= 4 is 11.6 Å². The SMILES string of the molecule is Cc1cc(C=C(C#N)c2ccccc2F)c(C)n1-c1cccc(F)c1. The molecule has 0 atom stereocenters. The molecule has 1 aromatic heterocycles. The maximum absolute atomic E-state index is 14.0. The van der Waals surface area contributed by atoms with E-state index in [0.717, 1.165) is 17.0 Å². The summed E-state index contributed by atoms with van der Waals surface area (Å²) in [6, 6.07) is 16.5. The fourth-order valence-corrected chi connectivity index (χ4v) is 2.95. The van der Waals surface area contributed by atoms with Gasteiger partial charge < -0.3 is 4.57 Å². The van der Waals surface area contributed by atoms with Crippen LogP contribution < -0.4 is 0 Å². The van der Waals surface area contributed by atoms with E-state index in [1.165, 1.54) is 18.2 Å². The van der Waals surface area contributed by atoms with Crippen LogP contribution in [0.2, 0.25) is 0 Å². The predicted molar refractivity (Wildman–Crippen MR) is 95.1 cm³/mol. The van der Waals surface area contributed by atoms with Crippen molar-refractivity contribution in [2.24, 2.45) is 0 Å². The average Bonchev–Trinajstić information content (AvgIpc) is 2.87. The Hall–Kier alpha value is -3.19. The summed E-state index contributed by atoms with van der Waals surface area (Å²) in [5, 5.41) is 9.44. The number of aryl methyl sites for hydroxylation is 1. The molecular weight excluding hydrogens is 318 g/mol. The van der Waals surface area contributed by atoms with E-state index in [4.69, 9.17) is 0 Å². The van der Waals surface area contributed by atoms with Crippen molar-refractivity contribution in [1.82, 2.24) is 4.57 Å². The van der Waals surface area contributed by atoms with E-state index in [-0.39, 0.29) is 17.0 Å². The molecule has 0 aliphatic heterocycles. The topological polar surface area (TPSA) is 28.7 Å². The van der Waals surface area contributed by atoms with Crippen LogP contribution in [-0.2, 0) is 0 Å². The van der Waals surface area contributed by atoms with Crippen molar-refractivity contribution in [3.05, 3.63) is 88.7 Å². The Morgan fingerprint density at radius 3 is 2.48 bits per heavy atom. The average molecular weight is 334 g/mol. The molecule has 0 saturated carbocycles. The minimum Gasteiger partial charge on any atom is -0.318 e. The number of allylic oxidation sites excluding steroid dienone is 1. The van der Waals surface area contributed by atoms with Crippen molar-refractivity contribution in [2.45, 2.75) is 13.8 Å². The first-order chi connectivity index (χ1) is 12.0. The molecule has 3 rings (SSSR count). The zero-order chi connectivity index (χ0) is 18.0.